The van der Waals surface area contributed by atoms with E-state index in [-0.39, 0.29) is 11.9 Å². The van der Waals surface area contributed by atoms with E-state index in [9.17, 15) is 9.59 Å². The molecule has 1 unspecified atom stereocenters. The molecule has 2 N–H and O–H groups in total. The lowest BCUT2D eigenvalue weighted by Crippen LogP contribution is -2.54. The van der Waals surface area contributed by atoms with Crippen molar-refractivity contribution in [3.05, 3.63) is 24.0 Å². The Balaban J connectivity index is 1.83. The first-order chi connectivity index (χ1) is 8.97. The van der Waals surface area contributed by atoms with Crippen LogP contribution in [0.4, 0.5) is 10.5 Å². The minimum atomic E-state index is -0.812. The summed E-state index contributed by atoms with van der Waals surface area (Å²) in [5.41, 5.74) is 1.53. The number of anilines is 1. The van der Waals surface area contributed by atoms with Crippen LogP contribution in [0, 0.1) is 18.8 Å². The summed E-state index contributed by atoms with van der Waals surface area (Å²) in [6.45, 7) is 4.52. The van der Waals surface area contributed by atoms with Gasteiger partial charge in [0.05, 0.1) is 17.8 Å². The molecule has 6 nitrogen and oxygen atoms in total. The number of carbonyl (C=O) groups is 2. The third kappa shape index (κ3) is 3.01. The number of nitrogens with one attached hydrogen (secondary N) is 1. The highest BCUT2D eigenvalue weighted by Gasteiger charge is 2.37. The summed E-state index contributed by atoms with van der Waals surface area (Å²) >= 11 is 0. The van der Waals surface area contributed by atoms with Crippen molar-refractivity contribution in [1.29, 1.82) is 0 Å². The molecule has 0 bridgehead atoms. The van der Waals surface area contributed by atoms with Crippen molar-refractivity contribution in [3.63, 3.8) is 0 Å². The van der Waals surface area contributed by atoms with Gasteiger partial charge < -0.3 is 15.3 Å². The summed E-state index contributed by atoms with van der Waals surface area (Å²) in [5.74, 6) is -1.18. The van der Waals surface area contributed by atoms with Crippen molar-refractivity contribution < 1.29 is 14.7 Å². The summed E-state index contributed by atoms with van der Waals surface area (Å²) in [6, 6.07) is 3.40. The van der Waals surface area contributed by atoms with Gasteiger partial charge in [-0.2, -0.15) is 0 Å². The zero-order valence-corrected chi connectivity index (χ0v) is 11.0. The lowest BCUT2D eigenvalue weighted by Gasteiger charge is -2.40. The molecule has 0 saturated carbocycles. The number of nitrogens with zero attached hydrogens (tertiary/aromatic N) is 2. The monoisotopic (exact) mass is 263 g/mol. The summed E-state index contributed by atoms with van der Waals surface area (Å²) in [4.78, 5) is 28.4. The van der Waals surface area contributed by atoms with Crippen LogP contribution >= 0.6 is 0 Å². The van der Waals surface area contributed by atoms with Crippen LogP contribution in [0.3, 0.4) is 0 Å². The minimum Gasteiger partial charge on any atom is -0.481 e. The smallest absolute Gasteiger partial charge is 0.321 e. The number of rotatable bonds is 3. The molecule has 1 atom stereocenters. The molecule has 1 aliphatic heterocycles. The van der Waals surface area contributed by atoms with Gasteiger partial charge >= 0.3 is 12.0 Å². The molecule has 0 aliphatic carbocycles. The van der Waals surface area contributed by atoms with Gasteiger partial charge in [0, 0.05) is 24.7 Å². The molecule has 1 aliphatic rings. The number of amides is 2. The molecule has 0 radical (unpaired) electrons. The van der Waals surface area contributed by atoms with Crippen molar-refractivity contribution >= 4 is 17.7 Å². The zero-order valence-electron chi connectivity index (χ0n) is 11.0. The van der Waals surface area contributed by atoms with Gasteiger partial charge in [0.2, 0.25) is 0 Å². The van der Waals surface area contributed by atoms with Crippen LogP contribution in [0.1, 0.15) is 12.6 Å². The molecule has 2 heterocycles. The molecule has 19 heavy (non-hydrogen) atoms. The standard InChI is InChI=1S/C13H17N3O3/c1-8-3-4-11(5-14-8)15-13(19)16-6-10(7-16)9(2)12(17)18/h3-5,9-10H,6-7H2,1-2H3,(H,15,19)(H,17,18). The van der Waals surface area contributed by atoms with Gasteiger partial charge in [-0.05, 0) is 19.1 Å². The lowest BCUT2D eigenvalue weighted by molar-refractivity contribution is -0.144. The van der Waals surface area contributed by atoms with Crippen molar-refractivity contribution in [2.45, 2.75) is 13.8 Å². The number of aromatic nitrogens is 1. The van der Waals surface area contributed by atoms with Crippen LogP contribution in [0.2, 0.25) is 0 Å². The topological polar surface area (TPSA) is 82.5 Å². The van der Waals surface area contributed by atoms with E-state index in [0.29, 0.717) is 18.8 Å². The van der Waals surface area contributed by atoms with E-state index >= 15 is 0 Å². The number of aliphatic carboxylic acids is 1. The van der Waals surface area contributed by atoms with Crippen LogP contribution in [0.5, 0.6) is 0 Å². The molecule has 0 spiro atoms. The summed E-state index contributed by atoms with van der Waals surface area (Å²) in [7, 11) is 0. The zero-order chi connectivity index (χ0) is 14.0. The maximum Gasteiger partial charge on any atom is 0.321 e. The maximum atomic E-state index is 11.9. The van der Waals surface area contributed by atoms with Crippen LogP contribution in [-0.2, 0) is 4.79 Å². The van der Waals surface area contributed by atoms with E-state index in [2.05, 4.69) is 10.3 Å². The van der Waals surface area contributed by atoms with E-state index in [4.69, 9.17) is 5.11 Å². The third-order valence-corrected chi connectivity index (χ3v) is 3.46. The predicted molar refractivity (Wildman–Crippen MR) is 69.9 cm³/mol. The molecular weight excluding hydrogens is 246 g/mol. The van der Waals surface area contributed by atoms with E-state index < -0.39 is 11.9 Å². The van der Waals surface area contributed by atoms with E-state index in [1.165, 1.54) is 0 Å². The molecule has 1 fully saturated rings. The van der Waals surface area contributed by atoms with Crippen molar-refractivity contribution in [1.82, 2.24) is 9.88 Å². The Hall–Kier alpha value is -2.11. The molecule has 2 amide bonds. The number of pyridine rings is 1. The van der Waals surface area contributed by atoms with Gasteiger partial charge in [-0.25, -0.2) is 4.79 Å². The molecule has 2 rings (SSSR count). The van der Waals surface area contributed by atoms with E-state index in [1.807, 2.05) is 13.0 Å². The quantitative estimate of drug-likeness (QED) is 0.867. The highest BCUT2D eigenvalue weighted by molar-refractivity contribution is 5.89. The Morgan fingerprint density at radius 1 is 1.47 bits per heavy atom. The number of likely N-dealkylation sites (tertiary alicyclic amines) is 1. The average molecular weight is 263 g/mol. The minimum absolute atomic E-state index is 0.0411. The lowest BCUT2D eigenvalue weighted by atomic mass is 9.87. The Labute approximate surface area is 111 Å². The molecule has 1 saturated heterocycles. The second kappa shape index (κ2) is 5.26. The molecule has 0 aromatic carbocycles. The largest absolute Gasteiger partial charge is 0.481 e. The molecule has 1 aromatic heterocycles. The Kier molecular flexibility index (Phi) is 3.69. The van der Waals surface area contributed by atoms with Crippen LogP contribution in [-0.4, -0.2) is 40.1 Å². The van der Waals surface area contributed by atoms with Crippen LogP contribution in [0.25, 0.3) is 0 Å². The number of aryl methyl sites for hydroxylation is 1. The van der Waals surface area contributed by atoms with Gasteiger partial charge in [-0.15, -0.1) is 0 Å². The fourth-order valence-electron chi connectivity index (χ4n) is 1.94. The second-order valence-corrected chi connectivity index (χ2v) is 4.91. The van der Waals surface area contributed by atoms with Crippen molar-refractivity contribution in [3.8, 4) is 0 Å². The van der Waals surface area contributed by atoms with Gasteiger partial charge in [-0.3, -0.25) is 9.78 Å². The summed E-state index contributed by atoms with van der Waals surface area (Å²) < 4.78 is 0. The Morgan fingerprint density at radius 2 is 2.16 bits per heavy atom. The highest BCUT2D eigenvalue weighted by atomic mass is 16.4. The van der Waals surface area contributed by atoms with Crippen LogP contribution < -0.4 is 5.32 Å². The summed E-state index contributed by atoms with van der Waals surface area (Å²) in [6.07, 6.45) is 1.60. The molecular formula is C13H17N3O3. The number of carbonyl (C=O) groups excluding carboxylic acids is 1. The van der Waals surface area contributed by atoms with Gasteiger partial charge in [0.15, 0.2) is 0 Å². The first-order valence-corrected chi connectivity index (χ1v) is 6.18. The Morgan fingerprint density at radius 3 is 2.68 bits per heavy atom. The first-order valence-electron chi connectivity index (χ1n) is 6.18. The van der Waals surface area contributed by atoms with Gasteiger partial charge in [0.1, 0.15) is 0 Å². The third-order valence-electron chi connectivity index (χ3n) is 3.46. The normalized spacial score (nSPS) is 16.6. The molecule has 102 valence electrons. The number of hydrogen-bond donors (Lipinski definition) is 2. The van der Waals surface area contributed by atoms with E-state index in [1.54, 1.807) is 24.1 Å². The Bertz CT molecular complexity index is 480. The number of carboxylic acids is 1. The number of carboxylic acid groups (broad SMARTS) is 1. The fraction of sp³-hybridized carbons (Fsp3) is 0.462. The van der Waals surface area contributed by atoms with Crippen molar-refractivity contribution in [2.75, 3.05) is 18.4 Å². The molecule has 1 aromatic rings. The second-order valence-electron chi connectivity index (χ2n) is 4.91. The molecule has 6 heteroatoms. The predicted octanol–water partition coefficient (Wildman–Crippen LogP) is 1.57. The van der Waals surface area contributed by atoms with Crippen molar-refractivity contribution in [2.24, 2.45) is 11.8 Å². The fourth-order valence-corrected chi connectivity index (χ4v) is 1.94. The highest BCUT2D eigenvalue weighted by Crippen LogP contribution is 2.24. The number of hydrogen-bond acceptors (Lipinski definition) is 3. The first kappa shape index (κ1) is 13.3. The number of urea groups is 1. The summed E-state index contributed by atoms with van der Waals surface area (Å²) in [5, 5.41) is 11.6. The maximum absolute atomic E-state index is 11.9. The SMILES string of the molecule is Cc1ccc(NC(=O)N2CC(C(C)C(=O)O)C2)cn1. The average Bonchev–Trinajstić information content (AvgIpc) is 2.30. The van der Waals surface area contributed by atoms with Crippen LogP contribution in [0.15, 0.2) is 18.3 Å². The van der Waals surface area contributed by atoms with Gasteiger partial charge in [0.25, 0.3) is 0 Å². The van der Waals surface area contributed by atoms with Gasteiger partial charge in [-0.1, -0.05) is 6.92 Å². The van der Waals surface area contributed by atoms with E-state index in [0.717, 1.165) is 5.69 Å².